The molecule has 0 aromatic carbocycles. The second-order valence-corrected chi connectivity index (χ2v) is 6.24. The molecule has 0 bridgehead atoms. The second-order valence-electron chi connectivity index (χ2n) is 5.33. The number of amides is 1. The maximum Gasteiger partial charge on any atom is 0.223 e. The molecule has 0 saturated carbocycles. The molecule has 2 atom stereocenters. The lowest BCUT2D eigenvalue weighted by Gasteiger charge is -2.18. The molecule has 21 heavy (non-hydrogen) atoms. The number of pyridine rings is 1. The van der Waals surface area contributed by atoms with Crippen molar-refractivity contribution in [3.8, 4) is 0 Å². The summed E-state index contributed by atoms with van der Waals surface area (Å²) in [6, 6.07) is 2.00. The largest absolute Gasteiger partial charge is 0.369 e. The van der Waals surface area contributed by atoms with Gasteiger partial charge >= 0.3 is 0 Å². The minimum Gasteiger partial charge on any atom is -0.369 e. The first kappa shape index (κ1) is 14.1. The van der Waals surface area contributed by atoms with E-state index in [1.54, 1.807) is 17.1 Å². The summed E-state index contributed by atoms with van der Waals surface area (Å²) < 4.78 is 2.66. The molecule has 1 amide bonds. The molecule has 1 aliphatic heterocycles. The predicted molar refractivity (Wildman–Crippen MR) is 82.8 cm³/mol. The molecule has 110 valence electrons. The topological polar surface area (TPSA) is 77.0 Å². The Balaban J connectivity index is 1.89. The third-order valence-electron chi connectivity index (χ3n) is 3.89. The van der Waals surface area contributed by atoms with Gasteiger partial charge in [0.1, 0.15) is 0 Å². The van der Waals surface area contributed by atoms with Gasteiger partial charge in [-0.25, -0.2) is 0 Å². The maximum absolute atomic E-state index is 11.8. The minimum atomic E-state index is -0.269. The van der Waals surface area contributed by atoms with E-state index in [9.17, 15) is 4.79 Å². The van der Waals surface area contributed by atoms with Gasteiger partial charge in [-0.05, 0) is 27.6 Å². The number of carbonyl (C=O) groups excluding carboxylic acids is 1. The Labute approximate surface area is 131 Å². The summed E-state index contributed by atoms with van der Waals surface area (Å²) in [5.74, 6) is -0.419. The number of rotatable bonds is 3. The van der Waals surface area contributed by atoms with Crippen LogP contribution in [0.1, 0.15) is 11.5 Å². The number of carbonyl (C=O) groups is 1. The molecule has 6 nitrogen and oxygen atoms in total. The number of hydrogen-bond donors (Lipinski definition) is 1. The van der Waals surface area contributed by atoms with Gasteiger partial charge in [-0.3, -0.25) is 14.5 Å². The highest BCUT2D eigenvalue weighted by Crippen LogP contribution is 2.35. The number of halogens is 1. The van der Waals surface area contributed by atoms with Gasteiger partial charge in [0.2, 0.25) is 5.91 Å². The lowest BCUT2D eigenvalue weighted by atomic mass is 9.90. The first-order valence-electron chi connectivity index (χ1n) is 6.68. The Morgan fingerprint density at radius 3 is 2.81 bits per heavy atom. The fourth-order valence-corrected chi connectivity index (χ4v) is 3.20. The van der Waals surface area contributed by atoms with Gasteiger partial charge in [-0.2, -0.15) is 5.10 Å². The third-order valence-corrected chi connectivity index (χ3v) is 4.33. The molecule has 2 aromatic rings. The molecule has 3 rings (SSSR count). The average molecular weight is 350 g/mol. The molecule has 0 unspecified atom stereocenters. The fourth-order valence-electron chi connectivity index (χ4n) is 2.85. The Morgan fingerprint density at radius 2 is 2.19 bits per heavy atom. The van der Waals surface area contributed by atoms with Gasteiger partial charge in [0.15, 0.2) is 0 Å². The molecule has 2 N–H and O–H groups in total. The van der Waals surface area contributed by atoms with Crippen LogP contribution >= 0.6 is 15.9 Å². The first-order valence-corrected chi connectivity index (χ1v) is 7.47. The Bertz CT molecular complexity index is 671. The molecule has 2 aromatic heterocycles. The average Bonchev–Trinajstić information content (AvgIpc) is 3.04. The molecule has 3 heterocycles. The van der Waals surface area contributed by atoms with Crippen molar-refractivity contribution in [2.24, 2.45) is 18.7 Å². The summed E-state index contributed by atoms with van der Waals surface area (Å²) in [4.78, 5) is 18.1. The number of aryl methyl sites for hydroxylation is 1. The molecule has 0 aliphatic carbocycles. The van der Waals surface area contributed by atoms with Crippen LogP contribution in [0.15, 0.2) is 35.3 Å². The summed E-state index contributed by atoms with van der Waals surface area (Å²) >= 11 is 3.42. The number of anilines is 1. The van der Waals surface area contributed by atoms with Crippen molar-refractivity contribution in [2.75, 3.05) is 18.0 Å². The molecule has 1 saturated heterocycles. The molecule has 1 aliphatic rings. The quantitative estimate of drug-likeness (QED) is 0.905. The lowest BCUT2D eigenvalue weighted by molar-refractivity contribution is -0.121. The standard InChI is InChI=1S/C14H16BrN5O/c1-19-6-9(3-18-19)12-7-20(8-13(12)14(16)21)11-2-10(15)4-17-5-11/h2-6,12-13H,7-8H2,1H3,(H2,16,21)/t12-,13+/m1/s1. The highest BCUT2D eigenvalue weighted by atomic mass is 79.9. The van der Waals surface area contributed by atoms with E-state index in [1.165, 1.54) is 0 Å². The van der Waals surface area contributed by atoms with Crippen LogP contribution < -0.4 is 10.6 Å². The van der Waals surface area contributed by atoms with Crippen LogP contribution in [-0.4, -0.2) is 33.8 Å². The van der Waals surface area contributed by atoms with E-state index in [0.29, 0.717) is 6.54 Å². The van der Waals surface area contributed by atoms with Crippen molar-refractivity contribution >= 4 is 27.5 Å². The number of nitrogens with two attached hydrogens (primary N) is 1. The van der Waals surface area contributed by atoms with Gasteiger partial charge in [-0.1, -0.05) is 0 Å². The monoisotopic (exact) mass is 349 g/mol. The van der Waals surface area contributed by atoms with Crippen molar-refractivity contribution in [2.45, 2.75) is 5.92 Å². The molecule has 0 radical (unpaired) electrons. The molecule has 1 fully saturated rings. The van der Waals surface area contributed by atoms with Gasteiger partial charge in [0.05, 0.1) is 24.0 Å². The van der Waals surface area contributed by atoms with E-state index < -0.39 is 0 Å². The van der Waals surface area contributed by atoms with Crippen LogP contribution in [0.5, 0.6) is 0 Å². The van der Waals surface area contributed by atoms with Crippen LogP contribution in [0.3, 0.4) is 0 Å². The van der Waals surface area contributed by atoms with Crippen LogP contribution in [-0.2, 0) is 11.8 Å². The van der Waals surface area contributed by atoms with E-state index in [-0.39, 0.29) is 17.7 Å². The highest BCUT2D eigenvalue weighted by molar-refractivity contribution is 9.10. The zero-order chi connectivity index (χ0) is 15.0. The summed E-state index contributed by atoms with van der Waals surface area (Å²) in [5.41, 5.74) is 7.62. The fraction of sp³-hybridized carbons (Fsp3) is 0.357. The van der Waals surface area contributed by atoms with Crippen molar-refractivity contribution < 1.29 is 4.79 Å². The highest BCUT2D eigenvalue weighted by Gasteiger charge is 2.38. The molecule has 7 heteroatoms. The SMILES string of the molecule is Cn1cc([C@H]2CN(c3cncc(Br)c3)C[C@@H]2C(N)=O)cn1. The van der Waals surface area contributed by atoms with Gasteiger partial charge in [-0.15, -0.1) is 0 Å². The van der Waals surface area contributed by atoms with Crippen molar-refractivity contribution in [3.63, 3.8) is 0 Å². The number of nitrogens with zero attached hydrogens (tertiary/aromatic N) is 4. The summed E-state index contributed by atoms with van der Waals surface area (Å²) in [6.07, 6.45) is 7.30. The Kier molecular flexibility index (Phi) is 3.67. The van der Waals surface area contributed by atoms with E-state index in [2.05, 4.69) is 30.9 Å². The first-order chi connectivity index (χ1) is 10.0. The normalized spacial score (nSPS) is 21.7. The van der Waals surface area contributed by atoms with Gasteiger partial charge in [0, 0.05) is 42.9 Å². The van der Waals surface area contributed by atoms with Gasteiger partial charge in [0.25, 0.3) is 0 Å². The molecular weight excluding hydrogens is 334 g/mol. The van der Waals surface area contributed by atoms with Gasteiger partial charge < -0.3 is 10.6 Å². The Morgan fingerprint density at radius 1 is 1.38 bits per heavy atom. The van der Waals surface area contributed by atoms with E-state index in [1.807, 2.05) is 25.5 Å². The van der Waals surface area contributed by atoms with Crippen LogP contribution in [0, 0.1) is 5.92 Å². The molecule has 0 spiro atoms. The van der Waals surface area contributed by atoms with Crippen LogP contribution in [0.4, 0.5) is 5.69 Å². The van der Waals surface area contributed by atoms with E-state index >= 15 is 0 Å². The summed E-state index contributed by atoms with van der Waals surface area (Å²) in [6.45, 7) is 1.34. The molecular formula is C14H16BrN5O. The minimum absolute atomic E-state index is 0.0650. The smallest absolute Gasteiger partial charge is 0.223 e. The zero-order valence-corrected chi connectivity index (χ0v) is 13.2. The van der Waals surface area contributed by atoms with E-state index in [4.69, 9.17) is 5.73 Å². The third kappa shape index (κ3) is 2.78. The summed E-state index contributed by atoms with van der Waals surface area (Å²) in [7, 11) is 1.87. The lowest BCUT2D eigenvalue weighted by Crippen LogP contribution is -2.29. The van der Waals surface area contributed by atoms with Crippen LogP contribution in [0.25, 0.3) is 0 Å². The zero-order valence-electron chi connectivity index (χ0n) is 11.6. The summed E-state index contributed by atoms with van der Waals surface area (Å²) in [5, 5.41) is 4.19. The Hall–Kier alpha value is -1.89. The number of hydrogen-bond acceptors (Lipinski definition) is 4. The predicted octanol–water partition coefficient (Wildman–Crippen LogP) is 1.28. The number of aromatic nitrogens is 3. The van der Waals surface area contributed by atoms with E-state index in [0.717, 1.165) is 22.3 Å². The van der Waals surface area contributed by atoms with Crippen LogP contribution in [0.2, 0.25) is 0 Å². The second kappa shape index (κ2) is 5.48. The number of primary amides is 1. The van der Waals surface area contributed by atoms with Crippen molar-refractivity contribution in [1.82, 2.24) is 14.8 Å². The maximum atomic E-state index is 11.8. The van der Waals surface area contributed by atoms with Crippen molar-refractivity contribution in [1.29, 1.82) is 0 Å². The van der Waals surface area contributed by atoms with Crippen molar-refractivity contribution in [3.05, 3.63) is 40.9 Å².